The van der Waals surface area contributed by atoms with Gasteiger partial charge >= 0.3 is 12.3 Å². The number of ether oxygens (including phenoxy) is 1. The summed E-state index contributed by atoms with van der Waals surface area (Å²) in [6.07, 6.45) is -4.69. The number of hydrogen-bond acceptors (Lipinski definition) is 3. The molecule has 23 heavy (non-hydrogen) atoms. The molecular weight excluding hydrogens is 311 g/mol. The number of carbonyl (C=O) groups excluding carboxylic acids is 2. The van der Waals surface area contributed by atoms with Crippen LogP contribution in [0.3, 0.4) is 0 Å². The smallest absolute Gasteiger partial charge is 0.416 e. The monoisotopic (exact) mass is 331 g/mol. The Balaban J connectivity index is 3.11. The molecule has 128 valence electrons. The van der Waals surface area contributed by atoms with Gasteiger partial charge in [0.15, 0.2) is 0 Å². The number of carbonyl (C=O) groups is 2. The fourth-order valence-electron chi connectivity index (χ4n) is 2.00. The van der Waals surface area contributed by atoms with E-state index in [1.807, 2.05) is 0 Å². The zero-order valence-electron chi connectivity index (χ0n) is 13.7. The molecule has 0 heterocycles. The van der Waals surface area contributed by atoms with Gasteiger partial charge in [0.1, 0.15) is 17.9 Å². The Morgan fingerprint density at radius 3 is 2.22 bits per heavy atom. The number of rotatable bonds is 3. The first kappa shape index (κ1) is 19.0. The van der Waals surface area contributed by atoms with Gasteiger partial charge in [0, 0.05) is 7.05 Å². The van der Waals surface area contributed by atoms with Gasteiger partial charge in [0.2, 0.25) is 0 Å². The van der Waals surface area contributed by atoms with E-state index >= 15 is 0 Å². The molecule has 0 fully saturated rings. The molecule has 1 aromatic rings. The van der Waals surface area contributed by atoms with E-state index in [-0.39, 0.29) is 5.56 Å². The van der Waals surface area contributed by atoms with Crippen LogP contribution in [0.15, 0.2) is 18.2 Å². The highest BCUT2D eigenvalue weighted by Gasteiger charge is 2.32. The second-order valence-corrected chi connectivity index (χ2v) is 6.24. The van der Waals surface area contributed by atoms with Crippen LogP contribution < -0.4 is 0 Å². The summed E-state index contributed by atoms with van der Waals surface area (Å²) in [5, 5.41) is 0. The molecule has 0 aromatic heterocycles. The number of halogens is 3. The molecule has 0 N–H and O–H groups in total. The predicted molar refractivity (Wildman–Crippen MR) is 79.0 cm³/mol. The third-order valence-corrected chi connectivity index (χ3v) is 3.14. The van der Waals surface area contributed by atoms with Gasteiger partial charge < -0.3 is 9.53 Å². The van der Waals surface area contributed by atoms with Crippen LogP contribution in [0.5, 0.6) is 0 Å². The molecule has 0 saturated heterocycles. The quantitative estimate of drug-likeness (QED) is 0.783. The molecule has 0 bridgehead atoms. The molecule has 4 nitrogen and oxygen atoms in total. The topological polar surface area (TPSA) is 46.6 Å². The lowest BCUT2D eigenvalue weighted by atomic mass is 9.98. The Labute approximate surface area is 133 Å². The molecule has 0 radical (unpaired) electrons. The van der Waals surface area contributed by atoms with E-state index in [9.17, 15) is 22.8 Å². The largest absolute Gasteiger partial charge is 0.444 e. The van der Waals surface area contributed by atoms with Crippen LogP contribution in [0.4, 0.5) is 18.0 Å². The number of hydrogen-bond donors (Lipinski definition) is 0. The third kappa shape index (κ3) is 4.97. The van der Waals surface area contributed by atoms with E-state index in [0.29, 0.717) is 11.8 Å². The highest BCUT2D eigenvalue weighted by Crippen LogP contribution is 2.32. The van der Waals surface area contributed by atoms with Crippen LogP contribution in [-0.4, -0.2) is 29.9 Å². The molecule has 1 rings (SSSR count). The van der Waals surface area contributed by atoms with Gasteiger partial charge in [-0.05, 0) is 51.0 Å². The maximum atomic E-state index is 12.7. The molecule has 0 saturated carbocycles. The molecule has 0 aliphatic carbocycles. The highest BCUT2D eigenvalue weighted by atomic mass is 19.4. The van der Waals surface area contributed by atoms with E-state index in [1.54, 1.807) is 20.8 Å². The SMILES string of the molecule is Cc1cc(C(F)(F)F)ccc1C(C=O)N(C)C(=O)OC(C)(C)C. The average Bonchev–Trinajstić information content (AvgIpc) is 2.37. The van der Waals surface area contributed by atoms with Gasteiger partial charge in [-0.3, -0.25) is 4.90 Å². The van der Waals surface area contributed by atoms with Crippen molar-refractivity contribution in [2.24, 2.45) is 0 Å². The number of likely N-dealkylation sites (N-methyl/N-ethyl adjacent to an activating group) is 1. The Morgan fingerprint density at radius 2 is 1.83 bits per heavy atom. The molecule has 1 atom stereocenters. The number of amides is 1. The maximum absolute atomic E-state index is 12.7. The van der Waals surface area contributed by atoms with Crippen LogP contribution in [0, 0.1) is 6.92 Å². The van der Waals surface area contributed by atoms with Crippen LogP contribution in [-0.2, 0) is 15.7 Å². The van der Waals surface area contributed by atoms with E-state index in [2.05, 4.69) is 0 Å². The van der Waals surface area contributed by atoms with Crippen molar-refractivity contribution in [1.82, 2.24) is 4.90 Å². The summed E-state index contributed by atoms with van der Waals surface area (Å²) >= 11 is 0. The molecule has 0 spiro atoms. The van der Waals surface area contributed by atoms with Crippen LogP contribution >= 0.6 is 0 Å². The van der Waals surface area contributed by atoms with E-state index in [1.165, 1.54) is 20.0 Å². The van der Waals surface area contributed by atoms with Crippen molar-refractivity contribution in [2.45, 2.75) is 45.5 Å². The van der Waals surface area contributed by atoms with Crippen molar-refractivity contribution in [3.8, 4) is 0 Å². The minimum Gasteiger partial charge on any atom is -0.444 e. The highest BCUT2D eigenvalue weighted by molar-refractivity contribution is 5.75. The van der Waals surface area contributed by atoms with E-state index in [0.717, 1.165) is 17.0 Å². The Kier molecular flexibility index (Phi) is 5.45. The second kappa shape index (κ2) is 6.60. The summed E-state index contributed by atoms with van der Waals surface area (Å²) in [4.78, 5) is 24.5. The van der Waals surface area contributed by atoms with Gasteiger partial charge in [-0.1, -0.05) is 6.07 Å². The van der Waals surface area contributed by atoms with E-state index < -0.39 is 29.5 Å². The number of benzene rings is 1. The minimum absolute atomic E-state index is 0.271. The summed E-state index contributed by atoms with van der Waals surface area (Å²) < 4.78 is 43.3. The number of alkyl halides is 3. The summed E-state index contributed by atoms with van der Waals surface area (Å²) in [5.74, 6) is 0. The number of aryl methyl sites for hydroxylation is 1. The number of aldehydes is 1. The second-order valence-electron chi connectivity index (χ2n) is 6.24. The molecule has 1 aromatic carbocycles. The molecule has 7 heteroatoms. The van der Waals surface area contributed by atoms with Gasteiger partial charge in [0.05, 0.1) is 5.56 Å². The molecule has 1 unspecified atom stereocenters. The predicted octanol–water partition coefficient (Wildman–Crippen LogP) is 4.12. The Morgan fingerprint density at radius 1 is 1.26 bits per heavy atom. The van der Waals surface area contributed by atoms with Crippen LogP contribution in [0.1, 0.15) is 43.5 Å². The van der Waals surface area contributed by atoms with Gasteiger partial charge in [-0.2, -0.15) is 13.2 Å². The van der Waals surface area contributed by atoms with Crippen LogP contribution in [0.25, 0.3) is 0 Å². The lowest BCUT2D eigenvalue weighted by molar-refractivity contribution is -0.137. The lowest BCUT2D eigenvalue weighted by Gasteiger charge is -2.29. The Bertz CT molecular complexity index is 591. The number of nitrogens with zero attached hydrogens (tertiary/aromatic N) is 1. The van der Waals surface area contributed by atoms with Crippen molar-refractivity contribution in [2.75, 3.05) is 7.05 Å². The van der Waals surface area contributed by atoms with Crippen LogP contribution in [0.2, 0.25) is 0 Å². The Hall–Kier alpha value is -2.05. The standard InChI is InChI=1S/C16H20F3NO3/c1-10-8-11(16(17,18)19)6-7-12(10)13(9-21)20(5)14(22)23-15(2,3)4/h6-9,13H,1-5H3. The van der Waals surface area contributed by atoms with Crippen molar-refractivity contribution >= 4 is 12.4 Å². The molecule has 1 amide bonds. The lowest BCUT2D eigenvalue weighted by Crippen LogP contribution is -2.37. The summed E-state index contributed by atoms with van der Waals surface area (Å²) in [6.45, 7) is 6.50. The average molecular weight is 331 g/mol. The zero-order chi connectivity index (χ0) is 18.0. The fraction of sp³-hybridized carbons (Fsp3) is 0.500. The van der Waals surface area contributed by atoms with Gasteiger partial charge in [-0.25, -0.2) is 4.79 Å². The van der Waals surface area contributed by atoms with Crippen molar-refractivity contribution < 1.29 is 27.5 Å². The molecule has 0 aliphatic heterocycles. The third-order valence-electron chi connectivity index (χ3n) is 3.14. The maximum Gasteiger partial charge on any atom is 0.416 e. The minimum atomic E-state index is -4.46. The first-order chi connectivity index (χ1) is 10.4. The van der Waals surface area contributed by atoms with Crippen molar-refractivity contribution in [1.29, 1.82) is 0 Å². The van der Waals surface area contributed by atoms with Gasteiger partial charge in [-0.15, -0.1) is 0 Å². The first-order valence-electron chi connectivity index (χ1n) is 6.95. The van der Waals surface area contributed by atoms with Crippen molar-refractivity contribution in [3.05, 3.63) is 34.9 Å². The molecule has 0 aliphatic rings. The summed E-state index contributed by atoms with van der Waals surface area (Å²) in [5.41, 5.74) is -0.953. The normalized spacial score (nSPS) is 13.4. The summed E-state index contributed by atoms with van der Waals surface area (Å²) in [7, 11) is 1.37. The van der Waals surface area contributed by atoms with E-state index in [4.69, 9.17) is 4.74 Å². The fourth-order valence-corrected chi connectivity index (χ4v) is 2.00. The zero-order valence-corrected chi connectivity index (χ0v) is 13.7. The molecular formula is C16H20F3NO3. The van der Waals surface area contributed by atoms with Crippen molar-refractivity contribution in [3.63, 3.8) is 0 Å². The van der Waals surface area contributed by atoms with Gasteiger partial charge in [0.25, 0.3) is 0 Å². The first-order valence-corrected chi connectivity index (χ1v) is 6.95. The summed E-state index contributed by atoms with van der Waals surface area (Å²) in [6, 6.07) is 2.03.